The van der Waals surface area contributed by atoms with E-state index in [1.54, 1.807) is 18.2 Å². The maximum absolute atomic E-state index is 12.5. The number of nitrogen functional groups attached to an aromatic ring is 1. The largest absolute Gasteiger partial charge is 0.490 e. The first-order valence-corrected chi connectivity index (χ1v) is 9.68. The van der Waals surface area contributed by atoms with Crippen molar-refractivity contribution in [1.82, 2.24) is 4.72 Å². The first kappa shape index (κ1) is 19.1. The number of nitrogens with two attached hydrogens (primary N) is 1. The van der Waals surface area contributed by atoms with Gasteiger partial charge in [-0.25, -0.2) is 13.1 Å². The highest BCUT2D eigenvalue weighted by Gasteiger charge is 2.17. The maximum Gasteiger partial charge on any atom is 0.240 e. The lowest BCUT2D eigenvalue weighted by Gasteiger charge is -2.13. The molecule has 0 amide bonds. The lowest BCUT2D eigenvalue weighted by Crippen LogP contribution is -2.26. The van der Waals surface area contributed by atoms with Crippen molar-refractivity contribution >= 4 is 15.7 Å². The van der Waals surface area contributed by atoms with E-state index in [9.17, 15) is 8.42 Å². The van der Waals surface area contributed by atoms with Crippen molar-refractivity contribution in [3.05, 3.63) is 48.0 Å². The van der Waals surface area contributed by atoms with Crippen LogP contribution in [0.3, 0.4) is 0 Å². The van der Waals surface area contributed by atoms with Crippen LogP contribution in [0.2, 0.25) is 0 Å². The minimum Gasteiger partial charge on any atom is -0.490 e. The minimum atomic E-state index is -3.62. The van der Waals surface area contributed by atoms with Crippen molar-refractivity contribution in [2.24, 2.45) is 0 Å². The highest BCUT2D eigenvalue weighted by atomic mass is 32.2. The monoisotopic (exact) mass is 364 g/mol. The Kier molecular flexibility index (Phi) is 6.66. The van der Waals surface area contributed by atoms with Gasteiger partial charge in [0.1, 0.15) is 0 Å². The lowest BCUT2D eigenvalue weighted by molar-refractivity contribution is 0.287. The Morgan fingerprint density at radius 3 is 2.24 bits per heavy atom. The van der Waals surface area contributed by atoms with Gasteiger partial charge in [0.05, 0.1) is 18.1 Å². The topological polar surface area (TPSA) is 90.7 Å². The normalized spacial score (nSPS) is 11.3. The van der Waals surface area contributed by atoms with Crippen LogP contribution in [0, 0.1) is 0 Å². The molecule has 3 N–H and O–H groups in total. The Hall–Kier alpha value is -2.25. The molecule has 0 atom stereocenters. The van der Waals surface area contributed by atoms with E-state index in [2.05, 4.69) is 4.72 Å². The van der Waals surface area contributed by atoms with Crippen molar-refractivity contribution < 1.29 is 17.9 Å². The molecule has 136 valence electrons. The zero-order chi connectivity index (χ0) is 18.3. The molecule has 0 radical (unpaired) electrons. The van der Waals surface area contributed by atoms with E-state index in [1.165, 1.54) is 12.1 Å². The fraction of sp³-hybridized carbons (Fsp3) is 0.333. The summed E-state index contributed by atoms with van der Waals surface area (Å²) in [5.74, 6) is 0.955. The number of anilines is 1. The molecule has 0 unspecified atom stereocenters. The second-order valence-corrected chi connectivity index (χ2v) is 7.13. The van der Waals surface area contributed by atoms with E-state index in [1.807, 2.05) is 26.0 Å². The lowest BCUT2D eigenvalue weighted by atomic mass is 10.1. The summed E-state index contributed by atoms with van der Waals surface area (Å²) >= 11 is 0. The SMILES string of the molecule is CCOc1ccc(S(=O)(=O)NCCc2ccc(N)cc2)cc1OCC. The van der Waals surface area contributed by atoms with Crippen LogP contribution < -0.4 is 19.9 Å². The van der Waals surface area contributed by atoms with Crippen LogP contribution in [0.1, 0.15) is 19.4 Å². The van der Waals surface area contributed by atoms with Gasteiger partial charge in [-0.2, -0.15) is 0 Å². The second kappa shape index (κ2) is 8.73. The minimum absolute atomic E-state index is 0.150. The summed E-state index contributed by atoms with van der Waals surface area (Å²) in [6.45, 7) is 4.89. The molecule has 0 fully saturated rings. The molecule has 0 spiro atoms. The van der Waals surface area contributed by atoms with Crippen molar-refractivity contribution in [3.8, 4) is 11.5 Å². The smallest absolute Gasteiger partial charge is 0.240 e. The Morgan fingerprint density at radius 1 is 0.960 bits per heavy atom. The molecule has 0 bridgehead atoms. The van der Waals surface area contributed by atoms with Gasteiger partial charge in [-0.05, 0) is 50.1 Å². The van der Waals surface area contributed by atoms with Crippen molar-refractivity contribution in [2.45, 2.75) is 25.2 Å². The van der Waals surface area contributed by atoms with Crippen molar-refractivity contribution in [1.29, 1.82) is 0 Å². The molecule has 6 nitrogen and oxygen atoms in total. The van der Waals surface area contributed by atoms with Crippen LogP contribution in [-0.4, -0.2) is 28.2 Å². The molecule has 25 heavy (non-hydrogen) atoms. The van der Waals surface area contributed by atoms with Gasteiger partial charge in [0, 0.05) is 18.3 Å². The van der Waals surface area contributed by atoms with E-state index < -0.39 is 10.0 Å². The van der Waals surface area contributed by atoms with Gasteiger partial charge in [0.2, 0.25) is 10.0 Å². The van der Waals surface area contributed by atoms with Gasteiger partial charge in [-0.15, -0.1) is 0 Å². The standard InChI is InChI=1S/C18H24N2O4S/c1-3-23-17-10-9-16(13-18(17)24-4-2)25(21,22)20-12-11-14-5-7-15(19)8-6-14/h5-10,13,20H,3-4,11-12,19H2,1-2H3. The number of sulfonamides is 1. The molecule has 0 saturated carbocycles. The summed E-state index contributed by atoms with van der Waals surface area (Å²) in [6.07, 6.45) is 0.578. The summed E-state index contributed by atoms with van der Waals surface area (Å²) in [7, 11) is -3.62. The Balaban J connectivity index is 2.07. The molecule has 2 rings (SSSR count). The molecular formula is C18H24N2O4S. The molecule has 7 heteroatoms. The highest BCUT2D eigenvalue weighted by molar-refractivity contribution is 7.89. The first-order valence-electron chi connectivity index (χ1n) is 8.20. The van der Waals surface area contributed by atoms with Crippen molar-refractivity contribution in [3.63, 3.8) is 0 Å². The molecule has 2 aromatic carbocycles. The number of hydrogen-bond donors (Lipinski definition) is 2. The average Bonchev–Trinajstić information content (AvgIpc) is 2.58. The quantitative estimate of drug-likeness (QED) is 0.668. The summed E-state index contributed by atoms with van der Waals surface area (Å²) in [6, 6.07) is 12.0. The third kappa shape index (κ3) is 5.37. The zero-order valence-corrected chi connectivity index (χ0v) is 15.3. The van der Waals surface area contributed by atoms with Gasteiger partial charge in [-0.1, -0.05) is 12.1 Å². The molecule has 0 aliphatic heterocycles. The second-order valence-electron chi connectivity index (χ2n) is 5.36. The number of benzene rings is 2. The predicted octanol–water partition coefficient (Wildman–Crippen LogP) is 2.59. The fourth-order valence-electron chi connectivity index (χ4n) is 2.30. The van der Waals surface area contributed by atoms with Crippen LogP contribution in [0.15, 0.2) is 47.4 Å². The van der Waals surface area contributed by atoms with E-state index in [4.69, 9.17) is 15.2 Å². The highest BCUT2D eigenvalue weighted by Crippen LogP contribution is 2.30. The number of ether oxygens (including phenoxy) is 2. The Labute approximate surface area is 149 Å². The van der Waals surface area contributed by atoms with Gasteiger partial charge in [0.15, 0.2) is 11.5 Å². The summed E-state index contributed by atoms with van der Waals surface area (Å²) < 4.78 is 38.5. The number of hydrogen-bond acceptors (Lipinski definition) is 5. The van der Waals surface area contributed by atoms with Gasteiger partial charge < -0.3 is 15.2 Å². The van der Waals surface area contributed by atoms with E-state index in [-0.39, 0.29) is 4.90 Å². The van der Waals surface area contributed by atoms with Crippen molar-refractivity contribution in [2.75, 3.05) is 25.5 Å². The summed E-state index contributed by atoms with van der Waals surface area (Å²) in [4.78, 5) is 0.150. The summed E-state index contributed by atoms with van der Waals surface area (Å²) in [5, 5.41) is 0. The van der Waals surface area contributed by atoms with Crippen LogP contribution in [0.4, 0.5) is 5.69 Å². The molecule has 0 aliphatic rings. The molecule has 2 aromatic rings. The van der Waals surface area contributed by atoms with Gasteiger partial charge >= 0.3 is 0 Å². The molecular weight excluding hydrogens is 340 g/mol. The Morgan fingerprint density at radius 2 is 1.60 bits per heavy atom. The van der Waals surface area contributed by atoms with E-state index in [0.29, 0.717) is 43.4 Å². The number of nitrogens with one attached hydrogen (secondary N) is 1. The zero-order valence-electron chi connectivity index (χ0n) is 14.5. The predicted molar refractivity (Wildman–Crippen MR) is 98.5 cm³/mol. The third-order valence-corrected chi connectivity index (χ3v) is 4.97. The molecule has 0 aromatic heterocycles. The van der Waals surface area contributed by atoms with Gasteiger partial charge in [-0.3, -0.25) is 0 Å². The maximum atomic E-state index is 12.5. The third-order valence-electron chi connectivity index (χ3n) is 3.51. The average molecular weight is 364 g/mol. The van der Waals surface area contributed by atoms with Gasteiger partial charge in [0.25, 0.3) is 0 Å². The van der Waals surface area contributed by atoms with Crippen LogP contribution >= 0.6 is 0 Å². The van der Waals surface area contributed by atoms with Crippen LogP contribution in [0.25, 0.3) is 0 Å². The van der Waals surface area contributed by atoms with E-state index >= 15 is 0 Å². The number of rotatable bonds is 9. The molecule has 0 saturated heterocycles. The molecule has 0 aliphatic carbocycles. The van der Waals surface area contributed by atoms with Crippen LogP contribution in [-0.2, 0) is 16.4 Å². The van der Waals surface area contributed by atoms with Crippen LogP contribution in [0.5, 0.6) is 11.5 Å². The first-order chi connectivity index (χ1) is 12.0. The fourth-order valence-corrected chi connectivity index (χ4v) is 3.34. The Bertz CT molecular complexity index is 789. The summed E-state index contributed by atoms with van der Waals surface area (Å²) in [5.41, 5.74) is 7.33. The molecule has 0 heterocycles. The van der Waals surface area contributed by atoms with E-state index in [0.717, 1.165) is 5.56 Å².